The van der Waals surface area contributed by atoms with Gasteiger partial charge in [-0.05, 0) is 131 Å². The van der Waals surface area contributed by atoms with Gasteiger partial charge in [0.25, 0.3) is 0 Å². The molecule has 0 aliphatic carbocycles. The summed E-state index contributed by atoms with van der Waals surface area (Å²) in [5.74, 6) is 1.24. The highest BCUT2D eigenvalue weighted by Crippen LogP contribution is 2.51. The molecule has 0 fully saturated rings. The largest absolute Gasteiger partial charge is 0.507 e. The minimum Gasteiger partial charge on any atom is -0.507 e. The Kier molecular flexibility index (Phi) is 35.0. The summed E-state index contributed by atoms with van der Waals surface area (Å²) in [6.45, 7) is 27.5. The lowest BCUT2D eigenvalue weighted by Crippen LogP contribution is -2.03. The highest BCUT2D eigenvalue weighted by atomic mass is 79.9. The Morgan fingerprint density at radius 1 is 0.560 bits per heavy atom. The van der Waals surface area contributed by atoms with E-state index in [0.717, 1.165) is 56.9 Å². The van der Waals surface area contributed by atoms with E-state index in [4.69, 9.17) is 59.5 Å². The number of phenolic OH excluding ortho intramolecular Hbond substituents is 4. The van der Waals surface area contributed by atoms with Crippen LogP contribution in [0, 0.1) is 27.7 Å². The Hall–Kier alpha value is -7.69. The molecule has 0 spiro atoms. The van der Waals surface area contributed by atoms with Crippen molar-refractivity contribution in [3.63, 3.8) is 0 Å². The van der Waals surface area contributed by atoms with Crippen LogP contribution in [0.5, 0.6) is 46.0 Å². The number of esters is 4. The first kappa shape index (κ1) is 84.7. The first-order chi connectivity index (χ1) is 48.3. The summed E-state index contributed by atoms with van der Waals surface area (Å²) in [6, 6.07) is 0. The molecule has 0 aromatic heterocycles. The third-order valence-electron chi connectivity index (χ3n) is 15.9. The van der Waals surface area contributed by atoms with Crippen molar-refractivity contribution >= 4 is 77.5 Å². The summed E-state index contributed by atoms with van der Waals surface area (Å²) < 4.78 is 91.3. The molecule has 100 heavy (non-hydrogen) atoms. The fourth-order valence-corrected chi connectivity index (χ4v) is 13.6. The quantitative estimate of drug-likeness (QED) is 0.00525. The van der Waals surface area contributed by atoms with Gasteiger partial charge in [0.05, 0.1) is 61.0 Å². The number of hydrogen-bond donors (Lipinski definition) is 6. The summed E-state index contributed by atoms with van der Waals surface area (Å²) in [6.07, 6.45) is 11.1. The van der Waals surface area contributed by atoms with Crippen LogP contribution in [-0.4, -0.2) is 143 Å². The Labute approximate surface area is 602 Å². The number of carbonyl (C=O) groups is 4. The summed E-state index contributed by atoms with van der Waals surface area (Å²) in [7, 11) is 9.27. The van der Waals surface area contributed by atoms with E-state index in [0.29, 0.717) is 99.6 Å². The zero-order chi connectivity index (χ0) is 77.5. The average molecular weight is 1490 g/mol. The predicted molar refractivity (Wildman–Crippen MR) is 392 cm³/mol. The SMILES string of the molecule is C=C=C.CCOP(=O)(/C=C/C(C)=C/Cc1c(O)c2c(c(C)c1OC)COC2=O)OCC.CCOP(=O)(O)CC/C(C)=C/Cc1c(O)c2c(c(C)c1OC)COC2=O.COc1c(C)c2c(c(O)c1C/C=C(\C)CBr)C(=O)OC2.COc1c(C)c2c(c(O)c1C/C=C(\C)CO)C(=O)OC2.[2HH].[2H][2H].[B][B][B]. The molecule has 4 aromatic rings. The van der Waals surface area contributed by atoms with Crippen molar-refractivity contribution in [3.8, 4) is 46.0 Å². The zero-order valence-corrected chi connectivity index (χ0v) is 63.0. The van der Waals surface area contributed by atoms with E-state index in [9.17, 15) is 53.6 Å². The molecule has 543 valence electrons. The van der Waals surface area contributed by atoms with Gasteiger partial charge in [0.15, 0.2) is 0 Å². The molecule has 4 aliphatic heterocycles. The van der Waals surface area contributed by atoms with Gasteiger partial charge < -0.3 is 81.9 Å². The first-order valence-corrected chi connectivity index (χ1v) is 36.1. The van der Waals surface area contributed by atoms with E-state index in [2.05, 4.69) is 50.3 Å². The van der Waals surface area contributed by atoms with Crippen LogP contribution < -0.4 is 18.9 Å². The molecular formula is C71H95B3BrO23P2. The van der Waals surface area contributed by atoms with Crippen LogP contribution in [0.2, 0.25) is 0 Å². The summed E-state index contributed by atoms with van der Waals surface area (Å²) >= 11 is 3.38. The topological polar surface area (TPSA) is 325 Å². The zero-order valence-electron chi connectivity index (χ0n) is 61.6. The second-order valence-corrected chi connectivity index (χ2v) is 27.0. The first-order valence-electron chi connectivity index (χ1n) is 32.6. The second-order valence-electron chi connectivity index (χ2n) is 22.5. The van der Waals surface area contributed by atoms with Crippen LogP contribution in [0.15, 0.2) is 77.4 Å². The highest BCUT2D eigenvalue weighted by Gasteiger charge is 2.36. The number of aromatic hydroxyl groups is 4. The minimum absolute atomic E-state index is 0. The Balaban J connectivity index is 0.000000666. The van der Waals surface area contributed by atoms with Crippen LogP contribution in [0.1, 0.15) is 167 Å². The molecule has 23 nitrogen and oxygen atoms in total. The third-order valence-corrected chi connectivity index (χ3v) is 20.0. The van der Waals surface area contributed by atoms with Crippen molar-refractivity contribution in [2.45, 2.75) is 135 Å². The number of allylic oxidation sites excluding steroid dienone is 8. The molecule has 4 heterocycles. The molecular weight excluding hydrogens is 1400 g/mol. The van der Waals surface area contributed by atoms with E-state index in [1.807, 2.05) is 66.7 Å². The number of phenols is 4. The highest BCUT2D eigenvalue weighted by molar-refractivity contribution is 9.09. The van der Waals surface area contributed by atoms with Crippen LogP contribution in [-0.2, 0) is 93.8 Å². The number of fused-ring (bicyclic) bond motifs is 4. The van der Waals surface area contributed by atoms with E-state index in [1.54, 1.807) is 47.0 Å². The number of rotatable bonds is 25. The average Bonchev–Trinajstić information content (AvgIpc) is 1.72. The summed E-state index contributed by atoms with van der Waals surface area (Å²) in [5.41, 5.74) is 14.8. The lowest BCUT2D eigenvalue weighted by molar-refractivity contribution is 0.0523. The molecule has 4 aromatic carbocycles. The van der Waals surface area contributed by atoms with Gasteiger partial charge in [-0.15, -0.1) is 5.73 Å². The third kappa shape index (κ3) is 22.2. The molecule has 29 heteroatoms. The van der Waals surface area contributed by atoms with Crippen molar-refractivity contribution in [3.05, 3.63) is 166 Å². The molecule has 8 rings (SSSR count). The number of ether oxygens (including phenoxy) is 8. The van der Waals surface area contributed by atoms with E-state index in [-0.39, 0.29) is 106 Å². The van der Waals surface area contributed by atoms with Crippen molar-refractivity contribution < 1.29 is 115 Å². The number of cyclic esters (lactones) is 4. The molecule has 1 atom stereocenters. The van der Waals surface area contributed by atoms with E-state index in [1.165, 1.54) is 27.1 Å². The molecule has 0 saturated heterocycles. The Morgan fingerprint density at radius 3 is 1.11 bits per heavy atom. The number of hydrogen-bond acceptors (Lipinski definition) is 22. The Morgan fingerprint density at radius 2 is 0.840 bits per heavy atom. The lowest BCUT2D eigenvalue weighted by atomic mass is 9.40. The van der Waals surface area contributed by atoms with Gasteiger partial charge in [-0.1, -0.05) is 81.8 Å². The van der Waals surface area contributed by atoms with Crippen LogP contribution in [0.3, 0.4) is 0 Å². The fraction of sp³-hybridized carbons (Fsp3) is 0.423. The smallest absolute Gasteiger partial charge is 0.354 e. The molecule has 5 radical (unpaired) electrons. The van der Waals surface area contributed by atoms with E-state index >= 15 is 0 Å². The number of halogens is 1. The number of alkyl halides is 1. The number of aliphatic hydroxyl groups is 1. The molecule has 0 amide bonds. The second kappa shape index (κ2) is 41.3. The summed E-state index contributed by atoms with van der Waals surface area (Å²) in [5, 5.41) is 51.7. The number of methoxy groups -OCH3 is 4. The maximum Gasteiger partial charge on any atom is 0.354 e. The number of benzene rings is 4. The normalized spacial score (nSPS) is 14.2. The fourth-order valence-electron chi connectivity index (χ4n) is 10.8. The van der Waals surface area contributed by atoms with Crippen LogP contribution in [0.4, 0.5) is 0 Å². The van der Waals surface area contributed by atoms with Gasteiger partial charge in [-0.25, -0.2) is 19.2 Å². The van der Waals surface area contributed by atoms with Crippen molar-refractivity contribution in [1.29, 1.82) is 0 Å². The van der Waals surface area contributed by atoms with Crippen LogP contribution in [0.25, 0.3) is 0 Å². The maximum atomic E-state index is 12.5. The Bertz CT molecular complexity index is 3830. The minimum atomic E-state index is -3.57. The van der Waals surface area contributed by atoms with Gasteiger partial charge >= 0.3 is 39.1 Å². The van der Waals surface area contributed by atoms with Gasteiger partial charge in [-0.3, -0.25) is 9.13 Å². The van der Waals surface area contributed by atoms with Gasteiger partial charge in [0.2, 0.25) is 0 Å². The number of aliphatic hydroxyl groups excluding tert-OH is 1. The van der Waals surface area contributed by atoms with Crippen molar-refractivity contribution in [2.24, 2.45) is 0 Å². The number of carbonyl (C=O) groups excluding carboxylic acids is 4. The predicted octanol–water partition coefficient (Wildman–Crippen LogP) is 13.6. The van der Waals surface area contributed by atoms with Crippen LogP contribution >= 0.6 is 31.1 Å². The maximum absolute atomic E-state index is 12.5. The lowest BCUT2D eigenvalue weighted by Gasteiger charge is -2.16. The van der Waals surface area contributed by atoms with Gasteiger partial charge in [0, 0.05) is 82.6 Å². The molecule has 0 bridgehead atoms. The summed E-state index contributed by atoms with van der Waals surface area (Å²) in [4.78, 5) is 56.9. The van der Waals surface area contributed by atoms with Gasteiger partial charge in [0.1, 0.15) is 94.7 Å². The molecule has 0 saturated carbocycles. The van der Waals surface area contributed by atoms with Crippen molar-refractivity contribution in [2.75, 3.05) is 66.4 Å². The standard InChI is InChI=1S/C20H27O7P.C18H25O7P.C15H17BrO4.C15H18O5.C3H4.B3.2H2/c1-6-26-28(23,27-7-2)11-10-13(3)8-9-15-18(21)17-16(12-25-20(17)22)14(4)19(15)24-5;1-5-25-26(21,22)9-8-11(2)6-7-13-16(19)15-14(10-24-18(15)20)12(3)17(13)23-4;2*1-8(6-16)4-5-10-13(17)12-11(7-20-15(12)18)9(2)14(10)19-3;2*1-3-2;;/h8,10-11,21H,6-7,9,12H2,1-5H3;6,19H,5,7-10H2,1-4H3,(H,21,22);4,17H,5-7H2,1-3H3;4,16-17H,5-7H2,1-3H3;1-2H2;;2*1H/b11-10+,13-8+;11-6+;2*8-4+;;;;/i;;;;;;1+1D;1+1. The molecule has 6 N–H and O–H groups in total. The molecule has 4 aliphatic rings. The molecule has 1 unspecified atom stereocenters. The van der Waals surface area contributed by atoms with Crippen molar-refractivity contribution in [1.82, 2.24) is 0 Å². The monoisotopic (exact) mass is 1490 g/mol. The van der Waals surface area contributed by atoms with E-state index < -0.39 is 39.1 Å². The van der Waals surface area contributed by atoms with Gasteiger partial charge in [-0.2, -0.15) is 0 Å².